The van der Waals surface area contributed by atoms with Gasteiger partial charge < -0.3 is 10.1 Å². The fourth-order valence-corrected chi connectivity index (χ4v) is 2.35. The van der Waals surface area contributed by atoms with E-state index < -0.39 is 5.97 Å². The smallest absolute Gasteiger partial charge is 0.339 e. The second-order valence-corrected chi connectivity index (χ2v) is 5.09. The molecule has 2 rings (SSSR count). The van der Waals surface area contributed by atoms with Crippen LogP contribution in [0, 0.1) is 13.8 Å². The van der Waals surface area contributed by atoms with E-state index in [1.165, 1.54) is 11.3 Å². The number of hydrogen-bond acceptors (Lipinski definition) is 5. The number of thiophene rings is 1. The lowest BCUT2D eigenvalue weighted by molar-refractivity contribution is -0.119. The summed E-state index contributed by atoms with van der Waals surface area (Å²) in [6.07, 6.45) is 0. The zero-order valence-electron chi connectivity index (χ0n) is 11.5. The number of amides is 1. The van der Waals surface area contributed by atoms with Gasteiger partial charge in [-0.15, -0.1) is 0 Å². The van der Waals surface area contributed by atoms with E-state index >= 15 is 0 Å². The predicted molar refractivity (Wildman–Crippen MR) is 75.9 cm³/mol. The van der Waals surface area contributed by atoms with E-state index in [1.54, 1.807) is 35.5 Å². The molecule has 0 aliphatic carbocycles. The third-order valence-corrected chi connectivity index (χ3v) is 3.55. The maximum absolute atomic E-state index is 11.8. The summed E-state index contributed by atoms with van der Waals surface area (Å²) in [5, 5.41) is 10.4. The first kappa shape index (κ1) is 14.3. The van der Waals surface area contributed by atoms with Crippen LogP contribution in [0.2, 0.25) is 0 Å². The number of esters is 1. The SMILES string of the molecule is Cc1nn(C)c(C)c1NC(=O)COC(=O)c1ccsc1. The summed E-state index contributed by atoms with van der Waals surface area (Å²) < 4.78 is 6.62. The maximum atomic E-state index is 11.8. The van der Waals surface area contributed by atoms with Crippen molar-refractivity contribution in [3.8, 4) is 0 Å². The number of hydrogen-bond donors (Lipinski definition) is 1. The molecule has 7 heteroatoms. The molecule has 0 aliphatic heterocycles. The quantitative estimate of drug-likeness (QED) is 0.874. The molecule has 2 aromatic heterocycles. The fourth-order valence-electron chi connectivity index (χ4n) is 1.73. The van der Waals surface area contributed by atoms with Gasteiger partial charge in [0.1, 0.15) is 0 Å². The number of anilines is 1. The van der Waals surface area contributed by atoms with Crippen LogP contribution in [0.3, 0.4) is 0 Å². The minimum absolute atomic E-state index is 0.317. The second-order valence-electron chi connectivity index (χ2n) is 4.31. The Morgan fingerprint density at radius 1 is 1.45 bits per heavy atom. The topological polar surface area (TPSA) is 73.2 Å². The number of ether oxygens (including phenoxy) is 1. The van der Waals surface area contributed by atoms with Crippen LogP contribution in [0.1, 0.15) is 21.7 Å². The lowest BCUT2D eigenvalue weighted by Crippen LogP contribution is -2.21. The van der Waals surface area contributed by atoms with Crippen LogP contribution in [-0.4, -0.2) is 28.3 Å². The Morgan fingerprint density at radius 3 is 2.75 bits per heavy atom. The molecule has 0 aromatic carbocycles. The number of nitrogens with zero attached hydrogens (tertiary/aromatic N) is 2. The Bertz CT molecular complexity index is 632. The van der Waals surface area contributed by atoms with Crippen molar-refractivity contribution in [2.24, 2.45) is 7.05 Å². The molecular weight excluding hydrogens is 278 g/mol. The van der Waals surface area contributed by atoms with Crippen LogP contribution in [0.25, 0.3) is 0 Å². The molecule has 0 spiro atoms. The highest BCUT2D eigenvalue weighted by Crippen LogP contribution is 2.18. The average molecular weight is 293 g/mol. The molecule has 106 valence electrons. The highest BCUT2D eigenvalue weighted by Gasteiger charge is 2.14. The molecule has 20 heavy (non-hydrogen) atoms. The van der Waals surface area contributed by atoms with Gasteiger partial charge in [0, 0.05) is 12.4 Å². The van der Waals surface area contributed by atoms with E-state index in [0.29, 0.717) is 11.3 Å². The van der Waals surface area contributed by atoms with Gasteiger partial charge in [-0.3, -0.25) is 9.48 Å². The second kappa shape index (κ2) is 5.87. The molecular formula is C13H15N3O3S. The van der Waals surface area contributed by atoms with E-state index in [1.807, 2.05) is 6.92 Å². The first-order valence-corrected chi connectivity index (χ1v) is 6.92. The van der Waals surface area contributed by atoms with E-state index in [9.17, 15) is 9.59 Å². The predicted octanol–water partition coefficient (Wildman–Crippen LogP) is 1.89. The molecule has 0 aliphatic rings. The van der Waals surface area contributed by atoms with Crippen molar-refractivity contribution in [1.29, 1.82) is 0 Å². The minimum atomic E-state index is -0.499. The van der Waals surface area contributed by atoms with Crippen molar-refractivity contribution < 1.29 is 14.3 Å². The van der Waals surface area contributed by atoms with Gasteiger partial charge in [-0.1, -0.05) is 0 Å². The standard InChI is InChI=1S/C13H15N3O3S/c1-8-12(9(2)16(3)15-8)14-11(17)6-19-13(18)10-4-5-20-7-10/h4-5,7H,6H2,1-3H3,(H,14,17). The Balaban J connectivity index is 1.91. The zero-order chi connectivity index (χ0) is 14.7. The monoisotopic (exact) mass is 293 g/mol. The van der Waals surface area contributed by atoms with Gasteiger partial charge in [-0.05, 0) is 25.3 Å². The summed E-state index contributed by atoms with van der Waals surface area (Å²) in [6, 6.07) is 1.65. The minimum Gasteiger partial charge on any atom is -0.452 e. The van der Waals surface area contributed by atoms with Crippen molar-refractivity contribution in [2.75, 3.05) is 11.9 Å². The van der Waals surface area contributed by atoms with Gasteiger partial charge in [-0.2, -0.15) is 16.4 Å². The van der Waals surface area contributed by atoms with Crippen LogP contribution in [0.5, 0.6) is 0 Å². The normalized spacial score (nSPS) is 10.3. The zero-order valence-corrected chi connectivity index (χ0v) is 12.3. The molecule has 0 saturated heterocycles. The molecule has 0 bridgehead atoms. The first-order valence-electron chi connectivity index (χ1n) is 5.98. The highest BCUT2D eigenvalue weighted by atomic mass is 32.1. The van der Waals surface area contributed by atoms with Gasteiger partial charge in [0.2, 0.25) is 0 Å². The van der Waals surface area contributed by atoms with Crippen molar-refractivity contribution >= 4 is 28.9 Å². The molecule has 6 nitrogen and oxygen atoms in total. The summed E-state index contributed by atoms with van der Waals surface area (Å²) in [4.78, 5) is 23.4. The summed E-state index contributed by atoms with van der Waals surface area (Å²) >= 11 is 1.40. The molecule has 1 amide bonds. The number of rotatable bonds is 4. The average Bonchev–Trinajstić information content (AvgIpc) is 3.01. The number of nitrogens with one attached hydrogen (secondary N) is 1. The number of carbonyl (C=O) groups excluding carboxylic acids is 2. The van der Waals surface area contributed by atoms with Gasteiger partial charge in [0.05, 0.1) is 22.6 Å². The highest BCUT2D eigenvalue weighted by molar-refractivity contribution is 7.08. The van der Waals surface area contributed by atoms with Gasteiger partial charge in [-0.25, -0.2) is 4.79 Å². The maximum Gasteiger partial charge on any atom is 0.339 e. The third-order valence-electron chi connectivity index (χ3n) is 2.86. The fraction of sp³-hybridized carbons (Fsp3) is 0.308. The third kappa shape index (κ3) is 3.05. The van der Waals surface area contributed by atoms with Crippen LogP contribution >= 0.6 is 11.3 Å². The largest absolute Gasteiger partial charge is 0.452 e. The molecule has 2 aromatic rings. The Hall–Kier alpha value is -2.15. The van der Waals surface area contributed by atoms with Gasteiger partial charge in [0.25, 0.3) is 5.91 Å². The lowest BCUT2D eigenvalue weighted by atomic mass is 10.3. The summed E-state index contributed by atoms with van der Waals surface area (Å²) in [5.74, 6) is -0.881. The van der Waals surface area contributed by atoms with Crippen LogP contribution in [0.4, 0.5) is 5.69 Å². The lowest BCUT2D eigenvalue weighted by Gasteiger charge is -2.06. The van der Waals surface area contributed by atoms with Gasteiger partial charge in [0.15, 0.2) is 6.61 Å². The van der Waals surface area contributed by atoms with Crippen molar-refractivity contribution in [1.82, 2.24) is 9.78 Å². The van der Waals surface area contributed by atoms with Crippen LogP contribution in [-0.2, 0) is 16.6 Å². The van der Waals surface area contributed by atoms with E-state index in [-0.39, 0.29) is 12.5 Å². The Morgan fingerprint density at radius 2 is 2.20 bits per heavy atom. The molecule has 0 radical (unpaired) electrons. The van der Waals surface area contributed by atoms with Crippen molar-refractivity contribution in [3.05, 3.63) is 33.8 Å². The Kier molecular flexibility index (Phi) is 4.19. The molecule has 0 atom stereocenters. The summed E-state index contributed by atoms with van der Waals surface area (Å²) in [7, 11) is 1.80. The molecule has 1 N–H and O–H groups in total. The molecule has 0 saturated carbocycles. The van der Waals surface area contributed by atoms with E-state index in [2.05, 4.69) is 10.4 Å². The van der Waals surface area contributed by atoms with Gasteiger partial charge >= 0.3 is 5.97 Å². The summed E-state index contributed by atoms with van der Waals surface area (Å²) in [6.45, 7) is 3.34. The number of carbonyl (C=O) groups is 2. The van der Waals surface area contributed by atoms with Crippen LogP contribution in [0.15, 0.2) is 16.8 Å². The van der Waals surface area contributed by atoms with E-state index in [0.717, 1.165) is 11.4 Å². The van der Waals surface area contributed by atoms with Crippen molar-refractivity contribution in [2.45, 2.75) is 13.8 Å². The molecule has 2 heterocycles. The first-order chi connectivity index (χ1) is 9.49. The Labute approximate surface area is 120 Å². The number of aromatic nitrogens is 2. The molecule has 0 fully saturated rings. The number of aryl methyl sites for hydroxylation is 2. The molecule has 0 unspecified atom stereocenters. The van der Waals surface area contributed by atoms with E-state index in [4.69, 9.17) is 4.74 Å². The van der Waals surface area contributed by atoms with Crippen molar-refractivity contribution in [3.63, 3.8) is 0 Å². The summed E-state index contributed by atoms with van der Waals surface area (Å²) in [5.41, 5.74) is 2.68. The van der Waals surface area contributed by atoms with Crippen LogP contribution < -0.4 is 5.32 Å².